The molecular formula is C36H53N3O. The number of likely N-dealkylation sites (N-methyl/N-ethyl adjacent to an activating group) is 1. The van der Waals surface area contributed by atoms with Gasteiger partial charge < -0.3 is 16.4 Å². The summed E-state index contributed by atoms with van der Waals surface area (Å²) in [7, 11) is 2.00. The SMILES string of the molecule is C=Cc1cc(CN[C@@H](C)C2CCC2)cc2c1CC=CC2=O.CCC1CC(c2cccc(C)c2)(C(N)C(C)NC)C1.[HH]. The van der Waals surface area contributed by atoms with Crippen LogP contribution in [0.3, 0.4) is 0 Å². The van der Waals surface area contributed by atoms with Gasteiger partial charge in [0, 0.05) is 37.1 Å². The maximum atomic E-state index is 12.1. The lowest BCUT2D eigenvalue weighted by molar-refractivity contribution is 0.0934. The number of aryl methyl sites for hydroxylation is 1. The zero-order chi connectivity index (χ0) is 28.9. The molecule has 4 N–H and O–H groups in total. The molecule has 0 aromatic heterocycles. The summed E-state index contributed by atoms with van der Waals surface area (Å²) in [5, 5.41) is 6.94. The third-order valence-corrected chi connectivity index (χ3v) is 10.0. The standard InChI is InChI=1S/C19H23NO.C17H28N2.H2/c1-3-15-10-14(12-20-13(2)16-6-4-7-16)11-18-17(15)8-5-9-19(18)21;1-5-14-10-17(11-14,16(18)13(3)19-4)15-8-6-7-12(2)9-15;/h3,5,9-11,13,16,20H,1,4,6-8,12H2,2H3;6-9,13-14,16,19H,5,10-11,18H2,1-4H3;1H/t13-;;/m0../s1. The highest BCUT2D eigenvalue weighted by molar-refractivity contribution is 6.07. The first-order chi connectivity index (χ1) is 19.2. The second kappa shape index (κ2) is 13.4. The zero-order valence-corrected chi connectivity index (χ0v) is 25.4. The Morgan fingerprint density at radius 1 is 1.20 bits per heavy atom. The van der Waals surface area contributed by atoms with Crippen LogP contribution < -0.4 is 16.4 Å². The van der Waals surface area contributed by atoms with Gasteiger partial charge in [-0.15, -0.1) is 0 Å². The number of rotatable bonds is 10. The van der Waals surface area contributed by atoms with Gasteiger partial charge >= 0.3 is 0 Å². The first kappa shape index (κ1) is 30.4. The Kier molecular flexibility index (Phi) is 10.2. The van der Waals surface area contributed by atoms with Crippen molar-refractivity contribution < 1.29 is 6.22 Å². The van der Waals surface area contributed by atoms with Crippen molar-refractivity contribution in [1.82, 2.24) is 10.6 Å². The predicted molar refractivity (Wildman–Crippen MR) is 172 cm³/mol. The first-order valence-corrected chi connectivity index (χ1v) is 15.4. The van der Waals surface area contributed by atoms with Gasteiger partial charge in [-0.2, -0.15) is 0 Å². The fraction of sp³-hybridized carbons (Fsp3) is 0.528. The molecule has 3 atom stereocenters. The Hall–Kier alpha value is -2.53. The molecule has 0 spiro atoms. The molecule has 2 aromatic rings. The van der Waals surface area contributed by atoms with E-state index in [-0.39, 0.29) is 18.7 Å². The van der Waals surface area contributed by atoms with Gasteiger partial charge in [0.25, 0.3) is 0 Å². The Morgan fingerprint density at radius 3 is 2.55 bits per heavy atom. The second-order valence-electron chi connectivity index (χ2n) is 12.6. The van der Waals surface area contributed by atoms with Crippen LogP contribution in [0.2, 0.25) is 0 Å². The summed E-state index contributed by atoms with van der Waals surface area (Å²) >= 11 is 0. The number of carbonyl (C=O) groups is 1. The summed E-state index contributed by atoms with van der Waals surface area (Å²) in [4.78, 5) is 12.1. The highest BCUT2D eigenvalue weighted by Crippen LogP contribution is 2.51. The van der Waals surface area contributed by atoms with Crippen LogP contribution in [0, 0.1) is 18.8 Å². The summed E-state index contributed by atoms with van der Waals surface area (Å²) in [5.41, 5.74) is 13.8. The van der Waals surface area contributed by atoms with Gasteiger partial charge in [-0.1, -0.05) is 74.4 Å². The Morgan fingerprint density at radius 2 is 1.95 bits per heavy atom. The summed E-state index contributed by atoms with van der Waals surface area (Å²) in [6.45, 7) is 13.6. The highest BCUT2D eigenvalue weighted by Gasteiger charge is 2.50. The van der Waals surface area contributed by atoms with Gasteiger partial charge in [0.2, 0.25) is 0 Å². The predicted octanol–water partition coefficient (Wildman–Crippen LogP) is 7.14. The van der Waals surface area contributed by atoms with Gasteiger partial charge in [-0.25, -0.2) is 0 Å². The number of allylic oxidation sites excluding steroid dienone is 2. The molecule has 3 aliphatic rings. The van der Waals surface area contributed by atoms with Crippen molar-refractivity contribution in [2.24, 2.45) is 17.6 Å². The van der Waals surface area contributed by atoms with Crippen LogP contribution >= 0.6 is 0 Å². The molecule has 0 radical (unpaired) electrons. The fourth-order valence-corrected chi connectivity index (χ4v) is 6.82. The summed E-state index contributed by atoms with van der Waals surface area (Å²) in [6.07, 6.45) is 14.1. The molecule has 4 heteroatoms. The summed E-state index contributed by atoms with van der Waals surface area (Å²) < 4.78 is 0. The van der Waals surface area contributed by atoms with Crippen LogP contribution in [0.1, 0.15) is 98.9 Å². The monoisotopic (exact) mass is 543 g/mol. The number of carbonyl (C=O) groups excluding carboxylic acids is 1. The number of ketones is 1. The lowest BCUT2D eigenvalue weighted by atomic mass is 9.53. The van der Waals surface area contributed by atoms with E-state index >= 15 is 0 Å². The lowest BCUT2D eigenvalue weighted by Crippen LogP contribution is -2.60. The maximum Gasteiger partial charge on any atom is 0.185 e. The minimum atomic E-state index is 0. The number of nitrogens with one attached hydrogen (secondary N) is 2. The van der Waals surface area contributed by atoms with Crippen LogP contribution in [0.5, 0.6) is 0 Å². The van der Waals surface area contributed by atoms with Gasteiger partial charge in [0.1, 0.15) is 0 Å². The topological polar surface area (TPSA) is 67.2 Å². The smallest absolute Gasteiger partial charge is 0.185 e. The lowest BCUT2D eigenvalue weighted by Gasteiger charge is -2.53. The molecule has 4 nitrogen and oxygen atoms in total. The maximum absolute atomic E-state index is 12.1. The van der Waals surface area contributed by atoms with E-state index in [4.69, 9.17) is 5.73 Å². The van der Waals surface area contributed by atoms with Crippen molar-refractivity contribution in [3.05, 3.63) is 88.5 Å². The van der Waals surface area contributed by atoms with E-state index in [2.05, 4.69) is 81.3 Å². The van der Waals surface area contributed by atoms with Gasteiger partial charge in [0.15, 0.2) is 5.78 Å². The molecule has 2 saturated carbocycles. The minimum absolute atomic E-state index is 0. The molecule has 2 aromatic carbocycles. The van der Waals surface area contributed by atoms with Crippen LogP contribution in [0.4, 0.5) is 0 Å². The van der Waals surface area contributed by atoms with E-state index in [1.165, 1.54) is 55.2 Å². The van der Waals surface area contributed by atoms with E-state index in [1.54, 1.807) is 6.08 Å². The Balaban J connectivity index is 0.000000221. The van der Waals surface area contributed by atoms with Crippen molar-refractivity contribution in [3.63, 3.8) is 0 Å². The van der Waals surface area contributed by atoms with Crippen molar-refractivity contribution in [3.8, 4) is 0 Å². The molecule has 0 saturated heterocycles. The minimum Gasteiger partial charge on any atom is -0.326 e. The van der Waals surface area contributed by atoms with Gasteiger partial charge in [-0.05, 0) is 106 Å². The molecule has 218 valence electrons. The molecule has 0 amide bonds. The molecule has 3 aliphatic carbocycles. The number of fused-ring (bicyclic) bond motifs is 1. The van der Waals surface area contributed by atoms with Crippen LogP contribution in [0.15, 0.2) is 55.1 Å². The largest absolute Gasteiger partial charge is 0.326 e. The summed E-state index contributed by atoms with van der Waals surface area (Å²) in [6, 6.07) is 14.2. The molecule has 0 aliphatic heterocycles. The normalized spacial score (nSPS) is 24.1. The van der Waals surface area contributed by atoms with Gasteiger partial charge in [0.05, 0.1) is 0 Å². The van der Waals surface area contributed by atoms with Crippen molar-refractivity contribution >= 4 is 11.9 Å². The molecule has 2 fully saturated rings. The average molecular weight is 544 g/mol. The quantitative estimate of drug-likeness (QED) is 0.298. The molecule has 2 unspecified atom stereocenters. The second-order valence-corrected chi connectivity index (χ2v) is 12.6. The van der Waals surface area contributed by atoms with Crippen molar-refractivity contribution in [2.45, 2.75) is 103 Å². The number of nitrogens with two attached hydrogens (primary N) is 1. The highest BCUT2D eigenvalue weighted by atomic mass is 16.1. The van der Waals surface area contributed by atoms with Crippen LogP contribution in [-0.2, 0) is 18.4 Å². The van der Waals surface area contributed by atoms with E-state index in [9.17, 15) is 4.79 Å². The average Bonchev–Trinajstić information content (AvgIpc) is 2.90. The number of hydrogen-bond donors (Lipinski definition) is 3. The third-order valence-electron chi connectivity index (χ3n) is 10.0. The van der Waals surface area contributed by atoms with Crippen molar-refractivity contribution in [2.75, 3.05) is 7.05 Å². The number of hydrogen-bond acceptors (Lipinski definition) is 4. The molecule has 5 rings (SSSR count). The Labute approximate surface area is 244 Å². The molecule has 0 heterocycles. The fourth-order valence-electron chi connectivity index (χ4n) is 6.82. The van der Waals surface area contributed by atoms with E-state index in [1.807, 2.05) is 19.2 Å². The van der Waals surface area contributed by atoms with E-state index in [0.717, 1.165) is 41.5 Å². The Bertz CT molecular complexity index is 1210. The molecule has 40 heavy (non-hydrogen) atoms. The zero-order valence-electron chi connectivity index (χ0n) is 25.4. The van der Waals surface area contributed by atoms with E-state index < -0.39 is 0 Å². The molecule has 0 bridgehead atoms. The third kappa shape index (κ3) is 6.51. The van der Waals surface area contributed by atoms with Crippen molar-refractivity contribution in [1.29, 1.82) is 0 Å². The van der Waals surface area contributed by atoms with Crippen LogP contribution in [-0.4, -0.2) is 31.0 Å². The molecular weight excluding hydrogens is 490 g/mol. The van der Waals surface area contributed by atoms with Crippen LogP contribution in [0.25, 0.3) is 6.08 Å². The number of benzene rings is 2. The van der Waals surface area contributed by atoms with E-state index in [0.29, 0.717) is 12.1 Å². The van der Waals surface area contributed by atoms with Gasteiger partial charge in [-0.3, -0.25) is 4.79 Å². The summed E-state index contributed by atoms with van der Waals surface area (Å²) in [5.74, 6) is 1.79. The first-order valence-electron chi connectivity index (χ1n) is 15.4.